The number of carbonyl (C=O) groups excluding carboxylic acids is 2. The summed E-state index contributed by atoms with van der Waals surface area (Å²) in [4.78, 5) is 34.1. The first-order valence-corrected chi connectivity index (χ1v) is 18.2. The molecule has 2 aliphatic rings. The normalized spacial score (nSPS) is 14.7. The van der Waals surface area contributed by atoms with Gasteiger partial charge in [-0.1, -0.05) is 48.5 Å². The van der Waals surface area contributed by atoms with E-state index in [4.69, 9.17) is 4.98 Å². The van der Waals surface area contributed by atoms with Crippen LogP contribution in [-0.2, 0) is 31.9 Å². The lowest BCUT2D eigenvalue weighted by molar-refractivity contribution is -0.137. The Labute approximate surface area is 315 Å². The molecule has 55 heavy (non-hydrogen) atoms. The van der Waals surface area contributed by atoms with E-state index in [1.807, 2.05) is 42.5 Å². The number of anilines is 4. The topological polar surface area (TPSA) is 132 Å². The van der Waals surface area contributed by atoms with Crippen LogP contribution in [0, 0.1) is 5.82 Å². The van der Waals surface area contributed by atoms with Gasteiger partial charge in [0.15, 0.2) is 0 Å². The molecule has 5 aromatic rings. The summed E-state index contributed by atoms with van der Waals surface area (Å²) >= 11 is 0. The fourth-order valence-electron chi connectivity index (χ4n) is 6.73. The van der Waals surface area contributed by atoms with E-state index in [2.05, 4.69) is 67.2 Å². The van der Waals surface area contributed by atoms with Gasteiger partial charge in [0.05, 0.1) is 11.3 Å². The molecule has 4 heterocycles. The van der Waals surface area contributed by atoms with Crippen LogP contribution >= 0.6 is 0 Å². The third-order valence-electron chi connectivity index (χ3n) is 9.70. The number of aromatic nitrogens is 2. The molecule has 3 aromatic carbocycles. The van der Waals surface area contributed by atoms with Crippen LogP contribution in [0.2, 0.25) is 0 Å². The molecular weight excluding hydrogens is 712 g/mol. The Morgan fingerprint density at radius 2 is 1.35 bits per heavy atom. The number of amides is 4. The van der Waals surface area contributed by atoms with E-state index < -0.39 is 29.3 Å². The zero-order valence-corrected chi connectivity index (χ0v) is 29.8. The smallest absolute Gasteiger partial charge is 0.370 e. The first kappa shape index (κ1) is 37.1. The Morgan fingerprint density at radius 3 is 2.02 bits per heavy atom. The highest BCUT2D eigenvalue weighted by atomic mass is 19.4. The van der Waals surface area contributed by atoms with E-state index in [0.29, 0.717) is 49.8 Å². The predicted octanol–water partition coefficient (Wildman–Crippen LogP) is 8.14. The maximum atomic E-state index is 14.0. The molecule has 0 spiro atoms. The van der Waals surface area contributed by atoms with E-state index in [0.717, 1.165) is 65.5 Å². The molecule has 10 nitrogen and oxygen atoms in total. The third-order valence-corrected chi connectivity index (χ3v) is 9.70. The highest BCUT2D eigenvalue weighted by Gasteiger charge is 2.31. The van der Waals surface area contributed by atoms with E-state index in [9.17, 15) is 27.2 Å². The minimum absolute atomic E-state index is 0.147. The van der Waals surface area contributed by atoms with Gasteiger partial charge in [0.1, 0.15) is 17.5 Å². The van der Waals surface area contributed by atoms with Crippen molar-refractivity contribution in [2.75, 3.05) is 47.4 Å². The molecule has 284 valence electrons. The molecule has 0 aliphatic carbocycles. The van der Waals surface area contributed by atoms with Crippen LogP contribution < -0.4 is 31.9 Å². The molecule has 14 heteroatoms. The monoisotopic (exact) mass is 752 g/mol. The lowest BCUT2D eigenvalue weighted by atomic mass is 9.88. The standard InChI is InChI=1S/C41H40F4N8O2/c42-35-16-11-31(41(43,44)45)23-36(35)53-40(55)48-21-18-34-15-10-29-22-30(24-49-38(29)51-34)27-5-3-25(4-6-27)26-7-12-32(13-8-26)52-39(54)47-20-17-33-14-9-28-2-1-19-46-37(28)50-33/h3-16,23,30H,1-2,17-22,24H2,(H,46,50)(H,49,51)(H2,47,52,54)(H2,48,53,55). The van der Waals surface area contributed by atoms with Gasteiger partial charge in [0.2, 0.25) is 0 Å². The van der Waals surface area contributed by atoms with Crippen molar-refractivity contribution in [2.24, 2.45) is 0 Å². The van der Waals surface area contributed by atoms with Crippen LogP contribution in [-0.4, -0.2) is 48.2 Å². The van der Waals surface area contributed by atoms with E-state index in [1.54, 1.807) is 0 Å². The van der Waals surface area contributed by atoms with Gasteiger partial charge >= 0.3 is 18.2 Å². The summed E-state index contributed by atoms with van der Waals surface area (Å²) in [6.45, 7) is 2.25. The number of aryl methyl sites for hydroxylation is 1. The number of urea groups is 2. The second-order valence-electron chi connectivity index (χ2n) is 13.6. The van der Waals surface area contributed by atoms with Gasteiger partial charge in [-0.2, -0.15) is 13.2 Å². The Bertz CT molecular complexity index is 2160. The molecule has 1 unspecified atom stereocenters. The second kappa shape index (κ2) is 16.5. The van der Waals surface area contributed by atoms with Crippen LogP contribution in [0.25, 0.3) is 11.1 Å². The number of benzene rings is 3. The number of nitrogens with zero attached hydrogens (tertiary/aromatic N) is 2. The maximum absolute atomic E-state index is 14.0. The lowest BCUT2D eigenvalue weighted by Gasteiger charge is -2.26. The van der Waals surface area contributed by atoms with Crippen LogP contribution in [0.5, 0.6) is 0 Å². The van der Waals surface area contributed by atoms with Crippen molar-refractivity contribution in [1.82, 2.24) is 20.6 Å². The average molecular weight is 753 g/mol. The maximum Gasteiger partial charge on any atom is 0.416 e. The van der Waals surface area contributed by atoms with Gasteiger partial charge in [0, 0.05) is 62.0 Å². The van der Waals surface area contributed by atoms with E-state index >= 15 is 0 Å². The van der Waals surface area contributed by atoms with Crippen molar-refractivity contribution in [3.8, 4) is 11.1 Å². The Balaban J connectivity index is 0.852. The zero-order valence-electron chi connectivity index (χ0n) is 29.8. The number of alkyl halides is 3. The molecule has 2 aliphatic heterocycles. The number of hydrogen-bond acceptors (Lipinski definition) is 6. The predicted molar refractivity (Wildman–Crippen MR) is 205 cm³/mol. The zero-order chi connectivity index (χ0) is 38.4. The van der Waals surface area contributed by atoms with Gasteiger partial charge in [-0.25, -0.2) is 23.9 Å². The number of pyridine rings is 2. The van der Waals surface area contributed by atoms with Crippen molar-refractivity contribution in [2.45, 2.75) is 44.2 Å². The number of fused-ring (bicyclic) bond motifs is 2. The summed E-state index contributed by atoms with van der Waals surface area (Å²) in [5.74, 6) is 0.994. The van der Waals surface area contributed by atoms with Gasteiger partial charge in [0.25, 0.3) is 0 Å². The van der Waals surface area contributed by atoms with E-state index in [1.165, 1.54) is 11.1 Å². The molecule has 0 saturated heterocycles. The molecular formula is C41H40F4N8O2. The second-order valence-corrected chi connectivity index (χ2v) is 13.6. The van der Waals surface area contributed by atoms with Gasteiger partial charge < -0.3 is 31.9 Å². The minimum Gasteiger partial charge on any atom is -0.370 e. The van der Waals surface area contributed by atoms with Crippen molar-refractivity contribution in [3.05, 3.63) is 130 Å². The summed E-state index contributed by atoms with van der Waals surface area (Å²) in [5, 5.41) is 17.2. The first-order chi connectivity index (χ1) is 26.6. The van der Waals surface area contributed by atoms with Crippen molar-refractivity contribution >= 4 is 35.1 Å². The molecule has 1 atom stereocenters. The van der Waals surface area contributed by atoms with E-state index in [-0.39, 0.29) is 18.5 Å². The molecule has 0 bridgehead atoms. The van der Waals surface area contributed by atoms with Gasteiger partial charge in [-0.15, -0.1) is 0 Å². The number of hydrogen-bond donors (Lipinski definition) is 6. The van der Waals surface area contributed by atoms with Crippen molar-refractivity contribution in [3.63, 3.8) is 0 Å². The minimum atomic E-state index is -4.66. The van der Waals surface area contributed by atoms with Crippen molar-refractivity contribution in [1.29, 1.82) is 0 Å². The lowest BCUT2D eigenvalue weighted by Crippen LogP contribution is -2.31. The summed E-state index contributed by atoms with van der Waals surface area (Å²) in [6, 6.07) is 25.0. The Hall–Kier alpha value is -6.18. The summed E-state index contributed by atoms with van der Waals surface area (Å²) in [7, 11) is 0. The molecule has 7 rings (SSSR count). The van der Waals surface area contributed by atoms with Crippen molar-refractivity contribution < 1.29 is 27.2 Å². The average Bonchev–Trinajstić information content (AvgIpc) is 3.18. The summed E-state index contributed by atoms with van der Waals surface area (Å²) in [6.07, 6.45) is -0.693. The fourth-order valence-corrected chi connectivity index (χ4v) is 6.73. The molecule has 0 radical (unpaired) electrons. The summed E-state index contributed by atoms with van der Waals surface area (Å²) < 4.78 is 52.9. The molecule has 6 N–H and O–H groups in total. The number of nitrogens with one attached hydrogen (secondary N) is 6. The molecule has 2 aromatic heterocycles. The van der Waals surface area contributed by atoms with Crippen LogP contribution in [0.1, 0.15) is 46.0 Å². The summed E-state index contributed by atoms with van der Waals surface area (Å²) in [5.41, 5.74) is 6.33. The molecule has 4 amide bonds. The highest BCUT2D eigenvalue weighted by molar-refractivity contribution is 5.90. The van der Waals surface area contributed by atoms with Crippen LogP contribution in [0.4, 0.5) is 50.2 Å². The first-order valence-electron chi connectivity index (χ1n) is 18.2. The number of carbonyl (C=O) groups is 2. The Kier molecular flexibility index (Phi) is 11.1. The fraction of sp³-hybridized carbons (Fsp3) is 0.268. The van der Waals surface area contributed by atoms with Gasteiger partial charge in [-0.3, -0.25) is 0 Å². The molecule has 0 saturated carbocycles. The SMILES string of the molecule is O=C(NCCc1ccc2c(n1)NCCC2)Nc1ccc(-c2ccc(C3CNc4nc(CCNC(=O)Nc5cc(C(F)(F)F)ccc5F)ccc4C3)cc2)cc1. The number of rotatable bonds is 10. The largest absolute Gasteiger partial charge is 0.416 e. The third kappa shape index (κ3) is 9.50. The molecule has 0 fully saturated rings. The quantitative estimate of drug-likeness (QED) is 0.0799. The van der Waals surface area contributed by atoms with Crippen LogP contribution in [0.15, 0.2) is 91.0 Å². The van der Waals surface area contributed by atoms with Crippen LogP contribution in [0.3, 0.4) is 0 Å². The Morgan fingerprint density at radius 1 is 0.727 bits per heavy atom. The number of halogens is 4. The highest BCUT2D eigenvalue weighted by Crippen LogP contribution is 2.33. The van der Waals surface area contributed by atoms with Gasteiger partial charge in [-0.05, 0) is 89.5 Å².